The molecule has 0 aliphatic carbocycles. The summed E-state index contributed by atoms with van der Waals surface area (Å²) in [5.41, 5.74) is 1.65. The highest BCUT2D eigenvalue weighted by Crippen LogP contribution is 2.31. The fourth-order valence-electron chi connectivity index (χ4n) is 2.14. The minimum Gasteiger partial charge on any atom is -0.497 e. The minimum atomic E-state index is 0.347. The van der Waals surface area contributed by atoms with Crippen molar-refractivity contribution in [1.82, 2.24) is 4.98 Å². The van der Waals surface area contributed by atoms with Gasteiger partial charge in [0.15, 0.2) is 0 Å². The smallest absolute Gasteiger partial charge is 0.138 e. The summed E-state index contributed by atoms with van der Waals surface area (Å²) in [6.07, 6.45) is 0. The van der Waals surface area contributed by atoms with Crippen molar-refractivity contribution < 1.29 is 9.47 Å². The summed E-state index contributed by atoms with van der Waals surface area (Å²) in [4.78, 5) is 4.49. The third-order valence-electron chi connectivity index (χ3n) is 3.14. The molecule has 0 fully saturated rings. The van der Waals surface area contributed by atoms with Crippen LogP contribution in [-0.2, 0) is 5.88 Å². The fourth-order valence-corrected chi connectivity index (χ4v) is 2.28. The van der Waals surface area contributed by atoms with Crippen molar-refractivity contribution in [2.24, 2.45) is 0 Å². The number of alkyl halides is 1. The molecule has 4 heteroatoms. The number of hydrogen-bond acceptors (Lipinski definition) is 3. The van der Waals surface area contributed by atoms with Gasteiger partial charge in [-0.3, -0.25) is 4.98 Å². The van der Waals surface area contributed by atoms with Gasteiger partial charge in [0, 0.05) is 17.5 Å². The number of para-hydroxylation sites is 1. The SMILES string of the molecule is COc1cccc(Oc2cc(CCl)nc3ccccc23)c1. The summed E-state index contributed by atoms with van der Waals surface area (Å²) in [6.45, 7) is 0. The number of halogens is 1. The molecule has 0 aliphatic heterocycles. The van der Waals surface area contributed by atoms with Crippen molar-refractivity contribution in [2.45, 2.75) is 5.88 Å². The Morgan fingerprint density at radius 2 is 1.81 bits per heavy atom. The average Bonchev–Trinajstić information content (AvgIpc) is 2.55. The van der Waals surface area contributed by atoms with E-state index in [2.05, 4.69) is 4.98 Å². The molecule has 0 amide bonds. The number of pyridine rings is 1. The predicted octanol–water partition coefficient (Wildman–Crippen LogP) is 4.77. The van der Waals surface area contributed by atoms with E-state index in [-0.39, 0.29) is 0 Å². The number of methoxy groups -OCH3 is 1. The standard InChI is InChI=1S/C17H14ClNO2/c1-20-13-5-4-6-14(10-13)21-17-9-12(11-18)19-16-8-3-2-7-15(16)17/h2-10H,11H2,1H3. The first-order valence-electron chi connectivity index (χ1n) is 6.56. The van der Waals surface area contributed by atoms with Crippen LogP contribution >= 0.6 is 11.6 Å². The highest BCUT2D eigenvalue weighted by atomic mass is 35.5. The Labute approximate surface area is 128 Å². The molecular formula is C17H14ClNO2. The van der Waals surface area contributed by atoms with Gasteiger partial charge in [0.1, 0.15) is 17.2 Å². The summed E-state index contributed by atoms with van der Waals surface area (Å²) in [7, 11) is 1.63. The quantitative estimate of drug-likeness (QED) is 0.650. The molecule has 106 valence electrons. The third kappa shape index (κ3) is 2.93. The van der Waals surface area contributed by atoms with Crippen molar-refractivity contribution in [2.75, 3.05) is 7.11 Å². The van der Waals surface area contributed by atoms with E-state index in [1.165, 1.54) is 0 Å². The van der Waals surface area contributed by atoms with Crippen LogP contribution < -0.4 is 9.47 Å². The lowest BCUT2D eigenvalue weighted by molar-refractivity contribution is 0.409. The largest absolute Gasteiger partial charge is 0.497 e. The summed E-state index contributed by atoms with van der Waals surface area (Å²) in [5, 5.41) is 0.953. The van der Waals surface area contributed by atoms with Gasteiger partial charge in [-0.1, -0.05) is 18.2 Å². The van der Waals surface area contributed by atoms with Gasteiger partial charge in [0.05, 0.1) is 24.2 Å². The van der Waals surface area contributed by atoms with E-state index >= 15 is 0 Å². The lowest BCUT2D eigenvalue weighted by Crippen LogP contribution is -1.92. The maximum absolute atomic E-state index is 6.00. The fraction of sp³-hybridized carbons (Fsp3) is 0.118. The lowest BCUT2D eigenvalue weighted by Gasteiger charge is -2.11. The van der Waals surface area contributed by atoms with Gasteiger partial charge < -0.3 is 9.47 Å². The molecule has 0 saturated carbocycles. The Kier molecular flexibility index (Phi) is 3.93. The van der Waals surface area contributed by atoms with E-state index in [1.807, 2.05) is 54.6 Å². The van der Waals surface area contributed by atoms with Gasteiger partial charge in [-0.2, -0.15) is 0 Å². The third-order valence-corrected chi connectivity index (χ3v) is 3.41. The van der Waals surface area contributed by atoms with E-state index in [1.54, 1.807) is 7.11 Å². The van der Waals surface area contributed by atoms with Gasteiger partial charge in [-0.25, -0.2) is 0 Å². The molecule has 1 aromatic heterocycles. The molecule has 0 saturated heterocycles. The van der Waals surface area contributed by atoms with Crippen LogP contribution in [0.15, 0.2) is 54.6 Å². The summed E-state index contributed by atoms with van der Waals surface area (Å²) in [5.74, 6) is 2.55. The maximum atomic E-state index is 6.00. The molecule has 0 spiro atoms. The molecule has 21 heavy (non-hydrogen) atoms. The predicted molar refractivity (Wildman–Crippen MR) is 84.4 cm³/mol. The molecule has 0 N–H and O–H groups in total. The first-order valence-corrected chi connectivity index (χ1v) is 7.10. The highest BCUT2D eigenvalue weighted by Gasteiger charge is 2.08. The van der Waals surface area contributed by atoms with Crippen molar-refractivity contribution in [3.63, 3.8) is 0 Å². The monoisotopic (exact) mass is 299 g/mol. The number of aromatic nitrogens is 1. The second kappa shape index (κ2) is 6.02. The van der Waals surface area contributed by atoms with Crippen LogP contribution in [0.5, 0.6) is 17.2 Å². The number of fused-ring (bicyclic) bond motifs is 1. The summed E-state index contributed by atoms with van der Waals surface area (Å²) >= 11 is 5.91. The van der Waals surface area contributed by atoms with Crippen LogP contribution in [-0.4, -0.2) is 12.1 Å². The molecule has 0 aliphatic rings. The molecular weight excluding hydrogens is 286 g/mol. The molecule has 1 heterocycles. The van der Waals surface area contributed by atoms with E-state index in [9.17, 15) is 0 Å². The number of rotatable bonds is 4. The molecule has 0 unspecified atom stereocenters. The Morgan fingerprint density at radius 3 is 2.62 bits per heavy atom. The molecule has 2 aromatic carbocycles. The van der Waals surface area contributed by atoms with Gasteiger partial charge in [-0.05, 0) is 24.3 Å². The number of nitrogens with zero attached hydrogens (tertiary/aromatic N) is 1. The number of hydrogen-bond donors (Lipinski definition) is 0. The lowest BCUT2D eigenvalue weighted by atomic mass is 10.2. The first kappa shape index (κ1) is 13.7. The van der Waals surface area contributed by atoms with Crippen molar-refractivity contribution in [3.05, 3.63) is 60.3 Å². The van der Waals surface area contributed by atoms with Crippen molar-refractivity contribution >= 4 is 22.5 Å². The summed E-state index contributed by atoms with van der Waals surface area (Å²) < 4.78 is 11.2. The average molecular weight is 300 g/mol. The number of ether oxygens (including phenoxy) is 2. The van der Waals surface area contributed by atoms with Crippen LogP contribution in [0.1, 0.15) is 5.69 Å². The van der Waals surface area contributed by atoms with E-state index in [0.29, 0.717) is 11.6 Å². The van der Waals surface area contributed by atoms with Crippen LogP contribution in [0.2, 0.25) is 0 Å². The van der Waals surface area contributed by atoms with Gasteiger partial charge in [0.25, 0.3) is 0 Å². The van der Waals surface area contributed by atoms with Gasteiger partial charge in [0.2, 0.25) is 0 Å². The zero-order valence-corrected chi connectivity index (χ0v) is 12.3. The Morgan fingerprint density at radius 1 is 1.00 bits per heavy atom. The van der Waals surface area contributed by atoms with Crippen LogP contribution in [0.4, 0.5) is 0 Å². The molecule has 3 rings (SSSR count). The van der Waals surface area contributed by atoms with Gasteiger partial charge >= 0.3 is 0 Å². The Hall–Kier alpha value is -2.26. The highest BCUT2D eigenvalue weighted by molar-refractivity contribution is 6.17. The zero-order valence-electron chi connectivity index (χ0n) is 11.5. The van der Waals surface area contributed by atoms with Crippen molar-refractivity contribution in [1.29, 1.82) is 0 Å². The van der Waals surface area contributed by atoms with Gasteiger partial charge in [-0.15, -0.1) is 11.6 Å². The molecule has 0 bridgehead atoms. The van der Waals surface area contributed by atoms with E-state index in [4.69, 9.17) is 21.1 Å². The van der Waals surface area contributed by atoms with Crippen LogP contribution in [0.25, 0.3) is 10.9 Å². The van der Waals surface area contributed by atoms with Crippen molar-refractivity contribution in [3.8, 4) is 17.2 Å². The molecule has 0 atom stereocenters. The second-order valence-corrected chi connectivity index (χ2v) is 4.81. The molecule has 3 aromatic rings. The minimum absolute atomic E-state index is 0.347. The van der Waals surface area contributed by atoms with Crippen LogP contribution in [0, 0.1) is 0 Å². The Balaban J connectivity index is 2.06. The van der Waals surface area contributed by atoms with Crippen LogP contribution in [0.3, 0.4) is 0 Å². The number of benzene rings is 2. The molecule has 3 nitrogen and oxygen atoms in total. The van der Waals surface area contributed by atoms with E-state index < -0.39 is 0 Å². The second-order valence-electron chi connectivity index (χ2n) is 4.54. The maximum Gasteiger partial charge on any atom is 0.138 e. The zero-order chi connectivity index (χ0) is 14.7. The Bertz CT molecular complexity index is 774. The van der Waals surface area contributed by atoms with E-state index in [0.717, 1.165) is 28.1 Å². The topological polar surface area (TPSA) is 31.4 Å². The normalized spacial score (nSPS) is 10.6. The molecule has 0 radical (unpaired) electrons. The summed E-state index contributed by atoms with van der Waals surface area (Å²) in [6, 6.07) is 17.2. The first-order chi connectivity index (χ1) is 10.3.